The molecule has 2 aromatic carbocycles. The van der Waals surface area contributed by atoms with E-state index in [9.17, 15) is 8.42 Å². The van der Waals surface area contributed by atoms with Crippen LogP contribution >= 0.6 is 0 Å². The molecule has 0 fully saturated rings. The lowest BCUT2D eigenvalue weighted by Crippen LogP contribution is -2.10. The molecule has 0 unspecified atom stereocenters. The summed E-state index contributed by atoms with van der Waals surface area (Å²) in [5, 5.41) is 0. The predicted molar refractivity (Wildman–Crippen MR) is 81.3 cm³/mol. The van der Waals surface area contributed by atoms with Gasteiger partial charge in [0.15, 0.2) is 11.5 Å². The summed E-state index contributed by atoms with van der Waals surface area (Å²) in [4.78, 5) is 0.121. The highest BCUT2D eigenvalue weighted by Gasteiger charge is 2.19. The molecule has 0 heterocycles. The molecule has 0 aliphatic heterocycles. The summed E-state index contributed by atoms with van der Waals surface area (Å²) in [6, 6.07) is 11.7. The lowest BCUT2D eigenvalue weighted by molar-refractivity contribution is 0.327. The van der Waals surface area contributed by atoms with Gasteiger partial charge in [-0.1, -0.05) is 23.8 Å². The van der Waals surface area contributed by atoms with Crippen LogP contribution in [0, 0.1) is 13.8 Å². The standard InChI is InChI=1S/C16H18O4S/c1-4-19-16-11-13(3)7-10-15(16)20-21(17,18)14-8-5-12(2)6-9-14/h5-11H,4H2,1-3H3. The molecule has 0 spiro atoms. The van der Waals surface area contributed by atoms with E-state index in [2.05, 4.69) is 0 Å². The maximum absolute atomic E-state index is 12.3. The predicted octanol–water partition coefficient (Wildman–Crippen LogP) is 3.47. The molecule has 0 N–H and O–H groups in total. The SMILES string of the molecule is CCOc1cc(C)ccc1OS(=O)(=O)c1ccc(C)cc1. The van der Waals surface area contributed by atoms with Crippen molar-refractivity contribution in [3.8, 4) is 11.5 Å². The molecule has 112 valence electrons. The van der Waals surface area contributed by atoms with E-state index in [0.29, 0.717) is 12.4 Å². The van der Waals surface area contributed by atoms with Crippen LogP contribution in [0.3, 0.4) is 0 Å². The molecular formula is C16H18O4S. The Kier molecular flexibility index (Phi) is 4.53. The molecule has 21 heavy (non-hydrogen) atoms. The van der Waals surface area contributed by atoms with Crippen molar-refractivity contribution in [3.63, 3.8) is 0 Å². The first kappa shape index (κ1) is 15.4. The summed E-state index contributed by atoms with van der Waals surface area (Å²) in [6.45, 7) is 6.07. The van der Waals surface area contributed by atoms with Crippen LogP contribution < -0.4 is 8.92 Å². The Hall–Kier alpha value is -2.01. The van der Waals surface area contributed by atoms with Gasteiger partial charge in [-0.05, 0) is 50.6 Å². The summed E-state index contributed by atoms with van der Waals surface area (Å²) < 4.78 is 35.2. The van der Waals surface area contributed by atoms with Crippen molar-refractivity contribution in [1.82, 2.24) is 0 Å². The van der Waals surface area contributed by atoms with Crippen LogP contribution in [-0.2, 0) is 10.1 Å². The van der Waals surface area contributed by atoms with E-state index in [4.69, 9.17) is 8.92 Å². The van der Waals surface area contributed by atoms with Crippen LogP contribution in [0.2, 0.25) is 0 Å². The monoisotopic (exact) mass is 306 g/mol. The third-order valence-corrected chi connectivity index (χ3v) is 4.16. The summed E-state index contributed by atoms with van der Waals surface area (Å²) >= 11 is 0. The first-order valence-corrected chi connectivity index (χ1v) is 8.08. The normalized spacial score (nSPS) is 11.2. The quantitative estimate of drug-likeness (QED) is 0.794. The average Bonchev–Trinajstić information content (AvgIpc) is 2.42. The molecule has 0 saturated heterocycles. The van der Waals surface area contributed by atoms with Gasteiger partial charge in [0.25, 0.3) is 0 Å². The second-order valence-electron chi connectivity index (χ2n) is 4.73. The molecule has 0 aliphatic rings. The van der Waals surface area contributed by atoms with Crippen molar-refractivity contribution < 1.29 is 17.3 Å². The van der Waals surface area contributed by atoms with Crippen molar-refractivity contribution in [1.29, 1.82) is 0 Å². The number of hydrogen-bond donors (Lipinski definition) is 0. The topological polar surface area (TPSA) is 52.6 Å². The van der Waals surface area contributed by atoms with Crippen molar-refractivity contribution >= 4 is 10.1 Å². The first-order valence-electron chi connectivity index (χ1n) is 6.67. The number of aryl methyl sites for hydroxylation is 2. The van der Waals surface area contributed by atoms with E-state index in [0.717, 1.165) is 11.1 Å². The molecule has 0 amide bonds. The van der Waals surface area contributed by atoms with Gasteiger partial charge in [-0.25, -0.2) is 0 Å². The Morgan fingerprint density at radius 3 is 2.14 bits per heavy atom. The largest absolute Gasteiger partial charge is 0.490 e. The number of ether oxygens (including phenoxy) is 1. The van der Waals surface area contributed by atoms with Crippen LogP contribution in [-0.4, -0.2) is 15.0 Å². The molecule has 0 bridgehead atoms. The molecule has 0 aromatic heterocycles. The smallest absolute Gasteiger partial charge is 0.339 e. The van der Waals surface area contributed by atoms with E-state index in [1.165, 1.54) is 12.1 Å². The van der Waals surface area contributed by atoms with Gasteiger partial charge in [-0.2, -0.15) is 8.42 Å². The Balaban J connectivity index is 2.34. The highest BCUT2D eigenvalue weighted by atomic mass is 32.2. The van der Waals surface area contributed by atoms with Crippen LogP contribution in [0.1, 0.15) is 18.1 Å². The highest BCUT2D eigenvalue weighted by Crippen LogP contribution is 2.31. The van der Waals surface area contributed by atoms with Crippen molar-refractivity contribution in [3.05, 3.63) is 53.6 Å². The first-order chi connectivity index (χ1) is 9.92. The van der Waals surface area contributed by atoms with Crippen molar-refractivity contribution in [2.75, 3.05) is 6.61 Å². The van der Waals surface area contributed by atoms with Gasteiger partial charge >= 0.3 is 10.1 Å². The molecule has 0 aliphatic carbocycles. The minimum Gasteiger partial charge on any atom is -0.490 e. The van der Waals surface area contributed by atoms with Crippen LogP contribution in [0.5, 0.6) is 11.5 Å². The zero-order valence-electron chi connectivity index (χ0n) is 12.3. The molecule has 0 radical (unpaired) electrons. The van der Waals surface area contributed by atoms with E-state index < -0.39 is 10.1 Å². The molecule has 5 heteroatoms. The summed E-state index contributed by atoms with van der Waals surface area (Å²) in [5.74, 6) is 0.621. The van der Waals surface area contributed by atoms with Gasteiger partial charge < -0.3 is 8.92 Å². The molecule has 0 atom stereocenters. The Morgan fingerprint density at radius 1 is 0.905 bits per heavy atom. The third kappa shape index (κ3) is 3.76. The van der Waals surface area contributed by atoms with Crippen molar-refractivity contribution in [2.45, 2.75) is 25.7 Å². The number of rotatable bonds is 5. The fraction of sp³-hybridized carbons (Fsp3) is 0.250. The molecular weight excluding hydrogens is 288 g/mol. The number of benzene rings is 2. The Bertz CT molecular complexity index is 718. The maximum atomic E-state index is 12.3. The lowest BCUT2D eigenvalue weighted by atomic mass is 10.2. The minimum atomic E-state index is -3.86. The third-order valence-electron chi connectivity index (χ3n) is 2.91. The molecule has 0 saturated carbocycles. The molecule has 2 aromatic rings. The van der Waals surface area contributed by atoms with Gasteiger partial charge in [0.1, 0.15) is 4.90 Å². The fourth-order valence-corrected chi connectivity index (χ4v) is 2.76. The zero-order chi connectivity index (χ0) is 15.5. The van der Waals surface area contributed by atoms with Gasteiger partial charge in [-0.3, -0.25) is 0 Å². The fourth-order valence-electron chi connectivity index (χ4n) is 1.82. The van der Waals surface area contributed by atoms with Gasteiger partial charge in [0, 0.05) is 0 Å². The highest BCUT2D eigenvalue weighted by molar-refractivity contribution is 7.87. The Morgan fingerprint density at radius 2 is 1.52 bits per heavy atom. The van der Waals surface area contributed by atoms with E-state index >= 15 is 0 Å². The van der Waals surface area contributed by atoms with Crippen LogP contribution in [0.15, 0.2) is 47.4 Å². The average molecular weight is 306 g/mol. The van der Waals surface area contributed by atoms with E-state index in [-0.39, 0.29) is 10.6 Å². The molecule has 2 rings (SSSR count). The lowest BCUT2D eigenvalue weighted by Gasteiger charge is -2.12. The van der Waals surface area contributed by atoms with Crippen LogP contribution in [0.4, 0.5) is 0 Å². The Labute approximate surface area is 125 Å². The van der Waals surface area contributed by atoms with Gasteiger partial charge in [0.2, 0.25) is 0 Å². The summed E-state index contributed by atoms with van der Waals surface area (Å²) in [7, 11) is -3.86. The molecule has 4 nitrogen and oxygen atoms in total. The van der Waals surface area contributed by atoms with E-state index in [1.54, 1.807) is 30.3 Å². The summed E-state index contributed by atoms with van der Waals surface area (Å²) in [5.41, 5.74) is 1.96. The van der Waals surface area contributed by atoms with Crippen molar-refractivity contribution in [2.24, 2.45) is 0 Å². The van der Waals surface area contributed by atoms with Gasteiger partial charge in [0.05, 0.1) is 6.61 Å². The minimum absolute atomic E-state index is 0.121. The second kappa shape index (κ2) is 6.18. The van der Waals surface area contributed by atoms with Gasteiger partial charge in [-0.15, -0.1) is 0 Å². The zero-order valence-corrected chi connectivity index (χ0v) is 13.1. The maximum Gasteiger partial charge on any atom is 0.339 e. The summed E-state index contributed by atoms with van der Waals surface area (Å²) in [6.07, 6.45) is 0. The van der Waals surface area contributed by atoms with Crippen LogP contribution in [0.25, 0.3) is 0 Å². The second-order valence-corrected chi connectivity index (χ2v) is 6.28. The van der Waals surface area contributed by atoms with E-state index in [1.807, 2.05) is 20.8 Å². The number of hydrogen-bond acceptors (Lipinski definition) is 4.